The molecule has 0 atom stereocenters. The van der Waals surface area contributed by atoms with Crippen LogP contribution in [0.1, 0.15) is 46.1 Å². The molecule has 1 radical (unpaired) electrons. The molecular weight excluding hydrogens is 184 g/mol. The summed E-state index contributed by atoms with van der Waals surface area (Å²) in [5.74, 6) is 0.858. The quantitative estimate of drug-likeness (QED) is 0.676. The first-order chi connectivity index (χ1) is 7.04. The molecule has 0 saturated heterocycles. The maximum absolute atomic E-state index is 5.56. The third kappa shape index (κ3) is 3.94. The smallest absolute Gasteiger partial charge is 0.127 e. The van der Waals surface area contributed by atoms with Crippen molar-refractivity contribution in [3.8, 4) is 5.75 Å². The summed E-state index contributed by atoms with van der Waals surface area (Å²) in [6.07, 6.45) is 2.27. The summed E-state index contributed by atoms with van der Waals surface area (Å²) in [6.45, 7) is 9.56. The van der Waals surface area contributed by atoms with Crippen molar-refractivity contribution in [2.24, 2.45) is 0 Å². The highest BCUT2D eigenvalue weighted by Crippen LogP contribution is 2.23. The highest BCUT2D eigenvalue weighted by Gasteiger charge is 2.12. The minimum Gasteiger partial charge on any atom is -0.493 e. The first-order valence-corrected chi connectivity index (χ1v) is 5.69. The first-order valence-electron chi connectivity index (χ1n) is 5.69. The number of hydrogen-bond donors (Lipinski definition) is 0. The number of unbranched alkanes of at least 4 members (excludes halogenated alkanes) is 1. The van der Waals surface area contributed by atoms with Crippen LogP contribution in [-0.2, 0) is 5.41 Å². The maximum Gasteiger partial charge on any atom is 0.127 e. The predicted molar refractivity (Wildman–Crippen MR) is 64.4 cm³/mol. The molecule has 0 aromatic heterocycles. The monoisotopic (exact) mass is 205 g/mol. The lowest BCUT2D eigenvalue weighted by molar-refractivity contribution is 0.308. The van der Waals surface area contributed by atoms with E-state index in [4.69, 9.17) is 4.74 Å². The van der Waals surface area contributed by atoms with Crippen LogP contribution >= 0.6 is 0 Å². The van der Waals surface area contributed by atoms with E-state index < -0.39 is 0 Å². The Morgan fingerprint density at radius 1 is 1.27 bits per heavy atom. The summed E-state index contributed by atoms with van der Waals surface area (Å²) in [6, 6.07) is 9.34. The molecule has 0 spiro atoms. The van der Waals surface area contributed by atoms with Crippen molar-refractivity contribution in [3.05, 3.63) is 29.8 Å². The van der Waals surface area contributed by atoms with Gasteiger partial charge in [0.05, 0.1) is 6.61 Å². The van der Waals surface area contributed by atoms with Gasteiger partial charge < -0.3 is 4.74 Å². The Bertz CT molecular complexity index is 279. The third-order valence-electron chi connectivity index (χ3n) is 2.41. The van der Waals surface area contributed by atoms with Crippen molar-refractivity contribution in [1.29, 1.82) is 0 Å². The van der Waals surface area contributed by atoms with Gasteiger partial charge in [-0.2, -0.15) is 0 Å². The largest absolute Gasteiger partial charge is 0.493 e. The van der Waals surface area contributed by atoms with Gasteiger partial charge in [0.2, 0.25) is 0 Å². The molecule has 0 fully saturated rings. The molecular formula is C14H21O. The highest BCUT2D eigenvalue weighted by atomic mass is 16.5. The Morgan fingerprint density at radius 3 is 2.47 bits per heavy atom. The minimum absolute atomic E-state index is 0.193. The summed E-state index contributed by atoms with van der Waals surface area (Å²) in [7, 11) is 0. The molecule has 0 saturated carbocycles. The van der Waals surface area contributed by atoms with Gasteiger partial charge in [-0.25, -0.2) is 0 Å². The molecule has 83 valence electrons. The van der Waals surface area contributed by atoms with E-state index in [1.807, 2.05) is 12.1 Å². The molecule has 0 heterocycles. The standard InChI is InChI=1S/C14H21O/c1-5-6-11-15-13-9-7-12(8-10-13)14(2,3)4/h7-9H,5-6,11H2,1-4H3. The zero-order valence-electron chi connectivity index (χ0n) is 10.3. The minimum atomic E-state index is 0.193. The predicted octanol–water partition coefficient (Wildman–Crippen LogP) is 3.96. The van der Waals surface area contributed by atoms with Crippen LogP contribution in [0.3, 0.4) is 0 Å². The molecule has 15 heavy (non-hydrogen) atoms. The lowest BCUT2D eigenvalue weighted by Gasteiger charge is -2.18. The van der Waals surface area contributed by atoms with E-state index in [0.29, 0.717) is 0 Å². The summed E-state index contributed by atoms with van der Waals surface area (Å²) in [4.78, 5) is 0. The van der Waals surface area contributed by atoms with Crippen molar-refractivity contribution in [1.82, 2.24) is 0 Å². The molecule has 0 unspecified atom stereocenters. The van der Waals surface area contributed by atoms with Crippen LogP contribution in [0.5, 0.6) is 5.75 Å². The van der Waals surface area contributed by atoms with Crippen LogP contribution in [0.25, 0.3) is 0 Å². The fourth-order valence-corrected chi connectivity index (χ4v) is 1.29. The Kier molecular flexibility index (Phi) is 4.19. The van der Waals surface area contributed by atoms with Crippen molar-refractivity contribution >= 4 is 0 Å². The van der Waals surface area contributed by atoms with Gasteiger partial charge >= 0.3 is 0 Å². The second-order valence-electron chi connectivity index (χ2n) is 4.89. The van der Waals surface area contributed by atoms with E-state index in [9.17, 15) is 0 Å². The van der Waals surface area contributed by atoms with E-state index in [1.165, 1.54) is 12.0 Å². The average molecular weight is 205 g/mol. The molecule has 0 N–H and O–H groups in total. The molecule has 0 aliphatic carbocycles. The van der Waals surface area contributed by atoms with Crippen molar-refractivity contribution < 1.29 is 4.74 Å². The van der Waals surface area contributed by atoms with Gasteiger partial charge in [0.25, 0.3) is 0 Å². The average Bonchev–Trinajstić information content (AvgIpc) is 2.18. The molecule has 1 nitrogen and oxygen atoms in total. The normalized spacial score (nSPS) is 11.5. The number of hydrogen-bond acceptors (Lipinski definition) is 1. The van der Waals surface area contributed by atoms with E-state index in [-0.39, 0.29) is 5.41 Å². The highest BCUT2D eigenvalue weighted by molar-refractivity contribution is 5.29. The summed E-state index contributed by atoms with van der Waals surface area (Å²) in [5, 5.41) is 0. The van der Waals surface area contributed by atoms with E-state index in [1.54, 1.807) is 0 Å². The number of ether oxygens (including phenoxy) is 1. The van der Waals surface area contributed by atoms with Crippen molar-refractivity contribution in [2.75, 3.05) is 6.61 Å². The van der Waals surface area contributed by atoms with Crippen LogP contribution in [0.15, 0.2) is 18.2 Å². The molecule has 0 bridgehead atoms. The second kappa shape index (κ2) is 5.20. The van der Waals surface area contributed by atoms with E-state index in [2.05, 4.69) is 39.8 Å². The number of benzene rings is 1. The van der Waals surface area contributed by atoms with Crippen molar-refractivity contribution in [3.63, 3.8) is 0 Å². The van der Waals surface area contributed by atoms with Crippen LogP contribution < -0.4 is 4.74 Å². The third-order valence-corrected chi connectivity index (χ3v) is 2.41. The van der Waals surface area contributed by atoms with Gasteiger partial charge in [0.15, 0.2) is 0 Å². The first kappa shape index (κ1) is 12.1. The molecule has 1 aromatic rings. The van der Waals surface area contributed by atoms with Gasteiger partial charge in [0, 0.05) is 6.07 Å². The second-order valence-corrected chi connectivity index (χ2v) is 4.89. The van der Waals surface area contributed by atoms with Gasteiger partial charge in [0.1, 0.15) is 5.75 Å². The van der Waals surface area contributed by atoms with Gasteiger partial charge in [-0.15, -0.1) is 0 Å². The Morgan fingerprint density at radius 2 is 2.00 bits per heavy atom. The van der Waals surface area contributed by atoms with Crippen molar-refractivity contribution in [2.45, 2.75) is 46.0 Å². The fourth-order valence-electron chi connectivity index (χ4n) is 1.29. The molecule has 1 rings (SSSR count). The van der Waals surface area contributed by atoms with Crippen LogP contribution in [0.4, 0.5) is 0 Å². The Labute approximate surface area is 93.5 Å². The van der Waals surface area contributed by atoms with Gasteiger partial charge in [-0.05, 0) is 29.5 Å². The zero-order valence-corrected chi connectivity index (χ0v) is 10.3. The Balaban J connectivity index is 2.57. The summed E-state index contributed by atoms with van der Waals surface area (Å²) >= 11 is 0. The molecule has 1 aromatic carbocycles. The number of rotatable bonds is 4. The SMILES string of the molecule is CCCCOc1[c]cc(C(C)(C)C)cc1. The fraction of sp³-hybridized carbons (Fsp3) is 0.571. The summed E-state index contributed by atoms with van der Waals surface area (Å²) in [5.41, 5.74) is 1.49. The molecule has 0 aliphatic heterocycles. The lowest BCUT2D eigenvalue weighted by Crippen LogP contribution is -2.10. The lowest BCUT2D eigenvalue weighted by atomic mass is 9.87. The van der Waals surface area contributed by atoms with Gasteiger partial charge in [-0.1, -0.05) is 40.2 Å². The van der Waals surface area contributed by atoms with Crippen LogP contribution in [0.2, 0.25) is 0 Å². The molecule has 1 heteroatoms. The van der Waals surface area contributed by atoms with E-state index in [0.717, 1.165) is 18.8 Å². The molecule has 0 aliphatic rings. The maximum atomic E-state index is 5.56. The Hall–Kier alpha value is -0.980. The van der Waals surface area contributed by atoms with Gasteiger partial charge in [-0.3, -0.25) is 0 Å². The summed E-state index contributed by atoms with van der Waals surface area (Å²) < 4.78 is 5.56. The zero-order chi connectivity index (χ0) is 11.3. The van der Waals surface area contributed by atoms with Crippen LogP contribution in [0, 0.1) is 6.07 Å². The van der Waals surface area contributed by atoms with E-state index >= 15 is 0 Å². The topological polar surface area (TPSA) is 9.23 Å². The van der Waals surface area contributed by atoms with Crippen LogP contribution in [-0.4, -0.2) is 6.61 Å². The molecule has 0 amide bonds.